The van der Waals surface area contributed by atoms with E-state index < -0.39 is 0 Å². The molecule has 6 heterocycles. The van der Waals surface area contributed by atoms with E-state index in [1.165, 1.54) is 22.0 Å². The number of piperazine rings is 1. The van der Waals surface area contributed by atoms with Gasteiger partial charge in [0.05, 0.1) is 12.1 Å². The summed E-state index contributed by atoms with van der Waals surface area (Å²) < 4.78 is 20.9. The van der Waals surface area contributed by atoms with Gasteiger partial charge in [0.2, 0.25) is 5.95 Å². The molecule has 2 aliphatic rings. The minimum atomic E-state index is -0.302. The number of benzene rings is 2. The first-order chi connectivity index (χ1) is 24.0. The molecule has 1 atom stereocenters. The summed E-state index contributed by atoms with van der Waals surface area (Å²) in [7, 11) is 2.16. The number of pyridine rings is 1. The number of rotatable bonds is 9. The lowest BCUT2D eigenvalue weighted by atomic mass is 10.1. The summed E-state index contributed by atoms with van der Waals surface area (Å²) in [5.74, 6) is 1.56. The quantitative estimate of drug-likeness (QED) is 0.217. The monoisotopic (exact) mass is 661 g/mol. The molecule has 2 aromatic carbocycles. The Balaban J connectivity index is 1.11. The Morgan fingerprint density at radius 2 is 1.86 bits per heavy atom. The third-order valence-corrected chi connectivity index (χ3v) is 9.20. The highest BCUT2D eigenvalue weighted by Gasteiger charge is 2.21. The van der Waals surface area contributed by atoms with E-state index in [9.17, 15) is 4.79 Å². The van der Waals surface area contributed by atoms with Crippen LogP contribution in [0.2, 0.25) is 0 Å². The maximum Gasteiger partial charge on any atom is 0.284 e. The van der Waals surface area contributed by atoms with Crippen molar-refractivity contribution in [2.24, 2.45) is 0 Å². The molecule has 0 aliphatic carbocycles. The number of hydrogen-bond acceptors (Lipinski definition) is 11. The molecule has 0 radical (unpaired) electrons. The van der Waals surface area contributed by atoms with Gasteiger partial charge in [0.1, 0.15) is 17.7 Å². The minimum Gasteiger partial charge on any atom is -0.491 e. The Bertz CT molecular complexity index is 2170. The Morgan fingerprint density at radius 3 is 2.65 bits per heavy atom. The maximum atomic E-state index is 14.1. The van der Waals surface area contributed by atoms with E-state index in [4.69, 9.17) is 24.2 Å². The van der Waals surface area contributed by atoms with Gasteiger partial charge in [0.15, 0.2) is 23.4 Å². The molecule has 2 fully saturated rings. The number of aryl methyl sites for hydroxylation is 1. The van der Waals surface area contributed by atoms with Crippen LogP contribution < -0.4 is 20.5 Å². The van der Waals surface area contributed by atoms with Crippen molar-refractivity contribution >= 4 is 44.9 Å². The predicted octanol–water partition coefficient (Wildman–Crippen LogP) is 4.70. The molecule has 6 aromatic rings. The van der Waals surface area contributed by atoms with E-state index in [1.54, 1.807) is 10.9 Å². The molecule has 2 saturated heterocycles. The number of anilines is 3. The highest BCUT2D eigenvalue weighted by atomic mass is 16.7. The van der Waals surface area contributed by atoms with Gasteiger partial charge in [-0.15, -0.1) is 0 Å². The number of fused-ring (bicyclic) bond motifs is 4. The van der Waals surface area contributed by atoms with Gasteiger partial charge in [-0.05, 0) is 81.3 Å². The molecule has 252 valence electrons. The van der Waals surface area contributed by atoms with Crippen LogP contribution in [0.3, 0.4) is 0 Å². The van der Waals surface area contributed by atoms with Gasteiger partial charge >= 0.3 is 0 Å². The number of nitrogens with zero attached hydrogens (tertiary/aromatic N) is 8. The summed E-state index contributed by atoms with van der Waals surface area (Å²) in [4.78, 5) is 37.6. The summed E-state index contributed by atoms with van der Waals surface area (Å²) >= 11 is 0. The van der Waals surface area contributed by atoms with Crippen molar-refractivity contribution in [3.63, 3.8) is 0 Å². The van der Waals surface area contributed by atoms with E-state index in [1.807, 2.05) is 42.5 Å². The van der Waals surface area contributed by atoms with Crippen LogP contribution in [0.4, 0.5) is 17.3 Å². The van der Waals surface area contributed by atoms with Gasteiger partial charge in [0, 0.05) is 68.0 Å². The second-order valence-electron chi connectivity index (χ2n) is 12.6. The minimum absolute atomic E-state index is 0.172. The highest BCUT2D eigenvalue weighted by molar-refractivity contribution is 5.96. The molecule has 0 amide bonds. The molecule has 0 bridgehead atoms. The smallest absolute Gasteiger partial charge is 0.284 e. The third kappa shape index (κ3) is 6.28. The van der Waals surface area contributed by atoms with E-state index >= 15 is 0 Å². The largest absolute Gasteiger partial charge is 0.491 e. The normalized spacial score (nSPS) is 17.3. The van der Waals surface area contributed by atoms with Gasteiger partial charge in [-0.2, -0.15) is 9.50 Å². The molecule has 0 saturated carbocycles. The van der Waals surface area contributed by atoms with E-state index in [2.05, 4.69) is 51.2 Å². The molecule has 1 N–H and O–H groups in total. The molecule has 8 rings (SSSR count). The van der Waals surface area contributed by atoms with Crippen LogP contribution in [0.1, 0.15) is 24.8 Å². The molecule has 49 heavy (non-hydrogen) atoms. The highest BCUT2D eigenvalue weighted by Crippen LogP contribution is 2.29. The SMILES string of the molecule is Cc1cc(Nc2ncc3c(=O)n4c(nc3n2)c2ccc(OCCOC3CCCCO3)cc2n4-c2ccccn2)ccc1N1CCN(C)CC1. The molecule has 2 aliphatic heterocycles. The van der Waals surface area contributed by atoms with Crippen molar-refractivity contribution in [1.82, 2.24) is 34.0 Å². The number of likely N-dealkylation sites (N-methyl/N-ethyl adjacent to an activating group) is 1. The molecule has 13 heteroatoms. The topological polar surface area (TPSA) is 124 Å². The van der Waals surface area contributed by atoms with Crippen molar-refractivity contribution in [1.29, 1.82) is 0 Å². The average molecular weight is 662 g/mol. The zero-order valence-corrected chi connectivity index (χ0v) is 27.7. The average Bonchev–Trinajstić information content (AvgIpc) is 3.45. The van der Waals surface area contributed by atoms with Crippen LogP contribution in [-0.2, 0) is 9.47 Å². The van der Waals surface area contributed by atoms with Crippen LogP contribution >= 0.6 is 0 Å². The third-order valence-electron chi connectivity index (χ3n) is 9.20. The van der Waals surface area contributed by atoms with Gasteiger partial charge in [0.25, 0.3) is 5.56 Å². The Hall–Kier alpha value is -5.11. The van der Waals surface area contributed by atoms with Crippen LogP contribution in [0, 0.1) is 6.92 Å². The Morgan fingerprint density at radius 1 is 0.959 bits per heavy atom. The van der Waals surface area contributed by atoms with Crippen molar-refractivity contribution < 1.29 is 14.2 Å². The van der Waals surface area contributed by atoms with Crippen molar-refractivity contribution in [3.8, 4) is 11.6 Å². The first-order valence-electron chi connectivity index (χ1n) is 16.8. The van der Waals surface area contributed by atoms with Gasteiger partial charge in [-0.25, -0.2) is 19.6 Å². The zero-order chi connectivity index (χ0) is 33.3. The molecular weight excluding hydrogens is 622 g/mol. The fourth-order valence-electron chi connectivity index (χ4n) is 6.61. The van der Waals surface area contributed by atoms with Crippen LogP contribution in [0.25, 0.3) is 33.4 Å². The lowest BCUT2D eigenvalue weighted by Crippen LogP contribution is -2.44. The second kappa shape index (κ2) is 13.4. The molecule has 13 nitrogen and oxygen atoms in total. The van der Waals surface area contributed by atoms with E-state index in [-0.39, 0.29) is 11.8 Å². The van der Waals surface area contributed by atoms with Crippen LogP contribution in [0.15, 0.2) is 71.8 Å². The predicted molar refractivity (Wildman–Crippen MR) is 188 cm³/mol. The molecule has 4 aromatic heterocycles. The Labute approximate surface area is 283 Å². The Kier molecular flexibility index (Phi) is 8.54. The second-order valence-corrected chi connectivity index (χ2v) is 12.6. The van der Waals surface area contributed by atoms with Crippen LogP contribution in [0.5, 0.6) is 5.75 Å². The van der Waals surface area contributed by atoms with Crippen LogP contribution in [-0.4, -0.2) is 93.4 Å². The fraction of sp³-hybridized carbons (Fsp3) is 0.361. The van der Waals surface area contributed by atoms with Crippen molar-refractivity contribution in [2.45, 2.75) is 32.5 Å². The molecule has 1 unspecified atom stereocenters. The van der Waals surface area contributed by atoms with Gasteiger partial charge in [-0.1, -0.05) is 6.07 Å². The number of nitrogens with one attached hydrogen (secondary N) is 1. The molecule has 0 spiro atoms. The standard InChI is InChI=1S/C36H39N9O4/c1-24-21-25(9-12-29(24)43-16-14-42(2)15-17-43)39-36-38-23-28-33(41-36)40-34-27-11-10-26(47-19-20-49-32-8-4-6-18-48-32)22-30(27)44(45(34)35(28)46)31-7-3-5-13-37-31/h3,5,7,9-13,21-23,32H,4,6,8,14-20H2,1-2H3,(H,38,39,41). The summed E-state index contributed by atoms with van der Waals surface area (Å²) in [6.07, 6.45) is 6.13. The van der Waals surface area contributed by atoms with Gasteiger partial charge < -0.3 is 29.3 Å². The fourth-order valence-corrected chi connectivity index (χ4v) is 6.61. The maximum absolute atomic E-state index is 14.1. The number of aromatic nitrogens is 6. The zero-order valence-electron chi connectivity index (χ0n) is 27.7. The number of ether oxygens (including phenoxy) is 3. The summed E-state index contributed by atoms with van der Waals surface area (Å²) in [6, 6.07) is 17.5. The first-order valence-corrected chi connectivity index (χ1v) is 16.8. The lowest BCUT2D eigenvalue weighted by molar-refractivity contribution is -0.165. The summed E-state index contributed by atoms with van der Waals surface area (Å²) in [6.45, 7) is 7.73. The first kappa shape index (κ1) is 31.2. The van der Waals surface area contributed by atoms with Crippen molar-refractivity contribution in [3.05, 3.63) is 82.9 Å². The van der Waals surface area contributed by atoms with E-state index in [0.29, 0.717) is 47.4 Å². The van der Waals surface area contributed by atoms with E-state index in [0.717, 1.165) is 68.6 Å². The molecular formula is C36H39N9O4. The lowest BCUT2D eigenvalue weighted by Gasteiger charge is -2.35. The van der Waals surface area contributed by atoms with Crippen molar-refractivity contribution in [2.75, 3.05) is 63.3 Å². The summed E-state index contributed by atoms with van der Waals surface area (Å²) in [5.41, 5.74) is 4.44. The summed E-state index contributed by atoms with van der Waals surface area (Å²) in [5, 5.41) is 4.37. The number of hydrogen-bond donors (Lipinski definition) is 1. The van der Waals surface area contributed by atoms with Gasteiger partial charge in [-0.3, -0.25) is 4.79 Å².